The first kappa shape index (κ1) is 15.5. The van der Waals surface area contributed by atoms with E-state index in [2.05, 4.69) is 48.7 Å². The molecule has 4 heteroatoms. The van der Waals surface area contributed by atoms with E-state index in [0.29, 0.717) is 11.8 Å². The molecule has 0 amide bonds. The molecule has 0 spiro atoms. The van der Waals surface area contributed by atoms with E-state index in [4.69, 9.17) is 9.97 Å². The van der Waals surface area contributed by atoms with Crippen LogP contribution in [-0.4, -0.2) is 16.5 Å². The fourth-order valence-corrected chi connectivity index (χ4v) is 4.70. The van der Waals surface area contributed by atoms with Gasteiger partial charge in [-0.3, -0.25) is 0 Å². The highest BCUT2D eigenvalue weighted by Crippen LogP contribution is 2.52. The van der Waals surface area contributed by atoms with E-state index < -0.39 is 0 Å². The summed E-state index contributed by atoms with van der Waals surface area (Å²) in [5, 5.41) is 3.44. The molecule has 3 atom stereocenters. The molecule has 116 valence electrons. The normalized spacial score (nSPS) is 27.6. The van der Waals surface area contributed by atoms with Gasteiger partial charge in [-0.15, -0.1) is 0 Å². The predicted octanol–water partition coefficient (Wildman–Crippen LogP) is 4.62. The Kier molecular flexibility index (Phi) is 4.71. The van der Waals surface area contributed by atoms with Gasteiger partial charge in [0.2, 0.25) is 0 Å². The number of aromatic nitrogens is 2. The van der Waals surface area contributed by atoms with Gasteiger partial charge >= 0.3 is 0 Å². The van der Waals surface area contributed by atoms with Crippen LogP contribution in [0.3, 0.4) is 0 Å². The largest absolute Gasteiger partial charge is 0.369 e. The number of nitrogens with zero attached hydrogens (tertiary/aromatic N) is 2. The molecular weight excluding hydrogens is 373 g/mol. The van der Waals surface area contributed by atoms with Crippen LogP contribution in [0.2, 0.25) is 0 Å². The lowest BCUT2D eigenvalue weighted by Gasteiger charge is -2.22. The molecule has 0 saturated heterocycles. The fourth-order valence-electron chi connectivity index (χ4n) is 4.05. The van der Waals surface area contributed by atoms with Gasteiger partial charge in [0.15, 0.2) is 0 Å². The molecule has 0 aliphatic heterocycles. The third-order valence-electron chi connectivity index (χ3n) is 4.95. The van der Waals surface area contributed by atoms with Crippen LogP contribution in [0, 0.1) is 21.3 Å². The summed E-state index contributed by atoms with van der Waals surface area (Å²) in [7, 11) is 0. The van der Waals surface area contributed by atoms with Crippen molar-refractivity contribution in [3.8, 4) is 0 Å². The van der Waals surface area contributed by atoms with Crippen molar-refractivity contribution in [3.05, 3.63) is 15.1 Å². The van der Waals surface area contributed by atoms with E-state index in [9.17, 15) is 0 Å². The van der Waals surface area contributed by atoms with Crippen molar-refractivity contribution < 1.29 is 0 Å². The smallest absolute Gasteiger partial charge is 0.143 e. The van der Waals surface area contributed by atoms with Crippen LogP contribution >= 0.6 is 22.6 Å². The van der Waals surface area contributed by atoms with Crippen LogP contribution in [-0.2, 0) is 6.42 Å². The summed E-state index contributed by atoms with van der Waals surface area (Å²) < 4.78 is 1.22. The SMILES string of the molecule is CCNc1nc(C2CC3CCC2C3)nc(CC(C)C)c1I. The van der Waals surface area contributed by atoms with E-state index in [1.807, 2.05) is 0 Å². The molecular formula is C17H26IN3. The van der Waals surface area contributed by atoms with Gasteiger partial charge in [0.25, 0.3) is 0 Å². The molecule has 2 bridgehead atoms. The Morgan fingerprint density at radius 2 is 2.05 bits per heavy atom. The number of fused-ring (bicyclic) bond motifs is 2. The predicted molar refractivity (Wildman–Crippen MR) is 95.6 cm³/mol. The first-order valence-electron chi connectivity index (χ1n) is 8.38. The van der Waals surface area contributed by atoms with E-state index in [0.717, 1.165) is 36.4 Å². The molecule has 3 nitrogen and oxygen atoms in total. The zero-order valence-corrected chi connectivity index (χ0v) is 15.5. The van der Waals surface area contributed by atoms with Crippen molar-refractivity contribution in [3.63, 3.8) is 0 Å². The van der Waals surface area contributed by atoms with Crippen LogP contribution < -0.4 is 5.32 Å². The van der Waals surface area contributed by atoms with Gasteiger partial charge in [-0.2, -0.15) is 0 Å². The Hall–Kier alpha value is -0.390. The van der Waals surface area contributed by atoms with E-state index in [1.54, 1.807) is 0 Å². The van der Waals surface area contributed by atoms with Gasteiger partial charge in [-0.25, -0.2) is 9.97 Å². The maximum Gasteiger partial charge on any atom is 0.143 e. The Labute approximate surface area is 141 Å². The number of anilines is 1. The number of halogens is 1. The molecule has 2 aliphatic rings. The summed E-state index contributed by atoms with van der Waals surface area (Å²) in [5.41, 5.74) is 1.24. The van der Waals surface area contributed by atoms with Gasteiger partial charge in [0.1, 0.15) is 11.6 Å². The molecule has 21 heavy (non-hydrogen) atoms. The third kappa shape index (κ3) is 3.20. The van der Waals surface area contributed by atoms with Crippen LogP contribution in [0.25, 0.3) is 0 Å². The first-order chi connectivity index (χ1) is 10.1. The van der Waals surface area contributed by atoms with Gasteiger partial charge < -0.3 is 5.32 Å². The maximum absolute atomic E-state index is 5.00. The summed E-state index contributed by atoms with van der Waals surface area (Å²) in [6.07, 6.45) is 6.60. The van der Waals surface area contributed by atoms with Gasteiger partial charge in [0.05, 0.1) is 9.26 Å². The maximum atomic E-state index is 5.00. The minimum Gasteiger partial charge on any atom is -0.369 e. The topological polar surface area (TPSA) is 37.8 Å². The molecule has 0 aromatic carbocycles. The van der Waals surface area contributed by atoms with E-state index >= 15 is 0 Å². The highest BCUT2D eigenvalue weighted by Gasteiger charge is 2.41. The van der Waals surface area contributed by atoms with Crippen LogP contribution in [0.1, 0.15) is 63.9 Å². The Bertz CT molecular complexity index is 515. The number of rotatable bonds is 5. The second-order valence-corrected chi connectivity index (χ2v) is 8.18. The Morgan fingerprint density at radius 3 is 2.62 bits per heavy atom. The minimum absolute atomic E-state index is 0.615. The Balaban J connectivity index is 1.93. The zero-order chi connectivity index (χ0) is 15.0. The third-order valence-corrected chi connectivity index (χ3v) is 6.09. The molecule has 2 aliphatic carbocycles. The Morgan fingerprint density at radius 1 is 1.24 bits per heavy atom. The average molecular weight is 399 g/mol. The highest BCUT2D eigenvalue weighted by atomic mass is 127. The molecule has 3 rings (SSSR count). The quantitative estimate of drug-likeness (QED) is 0.735. The lowest BCUT2D eigenvalue weighted by Crippen LogP contribution is -2.17. The second-order valence-electron chi connectivity index (χ2n) is 7.10. The van der Waals surface area contributed by atoms with Gasteiger partial charge in [-0.1, -0.05) is 20.3 Å². The molecule has 2 saturated carbocycles. The molecule has 3 unspecified atom stereocenters. The first-order valence-corrected chi connectivity index (χ1v) is 9.46. The summed E-state index contributed by atoms with van der Waals surface area (Å²) in [4.78, 5) is 9.90. The monoisotopic (exact) mass is 399 g/mol. The fraction of sp³-hybridized carbons (Fsp3) is 0.765. The van der Waals surface area contributed by atoms with Crippen molar-refractivity contribution in [2.75, 3.05) is 11.9 Å². The number of nitrogens with one attached hydrogen (secondary N) is 1. The summed E-state index contributed by atoms with van der Waals surface area (Å²) in [6, 6.07) is 0. The second kappa shape index (κ2) is 6.39. The van der Waals surface area contributed by atoms with Crippen molar-refractivity contribution in [1.82, 2.24) is 9.97 Å². The number of hydrogen-bond acceptors (Lipinski definition) is 3. The molecule has 0 radical (unpaired) electrons. The van der Waals surface area contributed by atoms with Crippen molar-refractivity contribution in [1.29, 1.82) is 0 Å². The summed E-state index contributed by atoms with van der Waals surface area (Å²) >= 11 is 2.41. The lowest BCUT2D eigenvalue weighted by atomic mass is 9.88. The van der Waals surface area contributed by atoms with Gasteiger partial charge in [-0.05, 0) is 73.0 Å². The summed E-state index contributed by atoms with van der Waals surface area (Å²) in [6.45, 7) is 7.59. The van der Waals surface area contributed by atoms with Crippen molar-refractivity contribution in [2.45, 2.75) is 58.8 Å². The molecule has 1 aromatic rings. The molecule has 1 N–H and O–H groups in total. The van der Waals surface area contributed by atoms with E-state index in [1.165, 1.54) is 34.9 Å². The van der Waals surface area contributed by atoms with Crippen LogP contribution in [0.15, 0.2) is 0 Å². The highest BCUT2D eigenvalue weighted by molar-refractivity contribution is 14.1. The van der Waals surface area contributed by atoms with Gasteiger partial charge in [0, 0.05) is 12.5 Å². The summed E-state index contributed by atoms with van der Waals surface area (Å²) in [5.74, 6) is 5.21. The van der Waals surface area contributed by atoms with Crippen LogP contribution in [0.4, 0.5) is 5.82 Å². The van der Waals surface area contributed by atoms with E-state index in [-0.39, 0.29) is 0 Å². The number of hydrogen-bond donors (Lipinski definition) is 1. The molecule has 1 heterocycles. The molecule has 1 aromatic heterocycles. The lowest BCUT2D eigenvalue weighted by molar-refractivity contribution is 0.404. The van der Waals surface area contributed by atoms with Crippen LogP contribution in [0.5, 0.6) is 0 Å². The molecule has 2 fully saturated rings. The van der Waals surface area contributed by atoms with Crippen molar-refractivity contribution in [2.24, 2.45) is 17.8 Å². The standard InChI is InChI=1S/C17H26IN3/c1-4-19-17-15(18)14(7-10(2)3)20-16(21-17)13-9-11-5-6-12(13)8-11/h10-13H,4-9H2,1-3H3,(H,19,20,21). The average Bonchev–Trinajstić information content (AvgIpc) is 3.05. The van der Waals surface area contributed by atoms with Crippen molar-refractivity contribution >= 4 is 28.4 Å². The zero-order valence-electron chi connectivity index (χ0n) is 13.3. The minimum atomic E-state index is 0.615.